The summed E-state index contributed by atoms with van der Waals surface area (Å²) >= 11 is 7.76. The largest absolute Gasteiger partial charge is 0.246 e. The Kier molecular flexibility index (Phi) is 2.85. The summed E-state index contributed by atoms with van der Waals surface area (Å²) < 4.78 is 0. The Morgan fingerprint density at radius 1 is 1.53 bits per heavy atom. The number of hydrogen-bond acceptors (Lipinski definition) is 2. The van der Waals surface area contributed by atoms with Gasteiger partial charge in [-0.05, 0) is 11.3 Å². The molecule has 0 N–H and O–H groups in total. The summed E-state index contributed by atoms with van der Waals surface area (Å²) in [4.78, 5) is 4.73. The lowest BCUT2D eigenvalue weighted by atomic mass is 10.1. The lowest BCUT2D eigenvalue weighted by molar-refractivity contribution is 0.575. The van der Waals surface area contributed by atoms with Crippen LogP contribution in [-0.4, -0.2) is 10.9 Å². The second kappa shape index (κ2) is 3.74. The topological polar surface area (TPSA) is 12.9 Å². The van der Waals surface area contributed by atoms with Gasteiger partial charge in [0.05, 0.1) is 10.7 Å². The molecule has 0 saturated heterocycles. The Balaban J connectivity index is 2.18. The highest BCUT2D eigenvalue weighted by Crippen LogP contribution is 2.64. The highest BCUT2D eigenvalue weighted by molar-refractivity contribution is 7.09. The zero-order valence-corrected chi connectivity index (χ0v) is 11.3. The molecule has 0 amide bonds. The van der Waals surface area contributed by atoms with E-state index < -0.39 is 0 Å². The molecule has 1 nitrogen and oxygen atoms in total. The molecule has 1 fully saturated rings. The Bertz CT molecular complexity index is 356. The molecule has 1 aromatic heterocycles. The average Bonchev–Trinajstić information content (AvgIpc) is 2.58. The lowest BCUT2D eigenvalue weighted by Crippen LogP contribution is -1.92. The molecule has 15 heavy (non-hydrogen) atoms. The molecular weight excluding hydrogens is 226 g/mol. The van der Waals surface area contributed by atoms with Crippen molar-refractivity contribution >= 4 is 22.9 Å². The van der Waals surface area contributed by atoms with E-state index in [0.717, 1.165) is 5.88 Å². The first-order valence-corrected chi connectivity index (χ1v) is 6.91. The summed E-state index contributed by atoms with van der Waals surface area (Å²) in [6.45, 7) is 8.97. The van der Waals surface area contributed by atoms with Gasteiger partial charge in [0.25, 0.3) is 0 Å². The van der Waals surface area contributed by atoms with E-state index in [4.69, 9.17) is 16.6 Å². The molecule has 1 aromatic rings. The van der Waals surface area contributed by atoms with Crippen molar-refractivity contribution in [2.45, 2.75) is 39.5 Å². The predicted octanol–water partition coefficient (Wildman–Crippen LogP) is 4.24. The molecule has 1 heterocycles. The van der Waals surface area contributed by atoms with Crippen molar-refractivity contribution in [2.24, 2.45) is 11.3 Å². The number of rotatable bonds is 3. The first-order chi connectivity index (χ1) is 6.98. The third-order valence-corrected chi connectivity index (χ3v) is 5.06. The third kappa shape index (κ3) is 1.83. The van der Waals surface area contributed by atoms with Crippen LogP contribution in [0.3, 0.4) is 0 Å². The van der Waals surface area contributed by atoms with Crippen LogP contribution in [0.25, 0.3) is 0 Å². The fourth-order valence-corrected chi connectivity index (χ4v) is 3.77. The molecule has 0 aromatic carbocycles. The van der Waals surface area contributed by atoms with Crippen LogP contribution in [0.5, 0.6) is 0 Å². The summed E-state index contributed by atoms with van der Waals surface area (Å²) in [5, 5.41) is 3.47. The standard InChI is InChI=1S/C12H18ClNS/c1-7(2)11-14-9(6-15-11)10-8(5-13)12(10,3)4/h6-8,10H,5H2,1-4H3. The van der Waals surface area contributed by atoms with Gasteiger partial charge in [-0.1, -0.05) is 27.7 Å². The second-order valence-electron chi connectivity index (χ2n) is 5.33. The molecule has 2 unspecified atom stereocenters. The van der Waals surface area contributed by atoms with Crippen LogP contribution in [0, 0.1) is 11.3 Å². The van der Waals surface area contributed by atoms with Gasteiger partial charge in [0.2, 0.25) is 0 Å². The van der Waals surface area contributed by atoms with E-state index in [9.17, 15) is 0 Å². The number of halogens is 1. The minimum atomic E-state index is 0.351. The van der Waals surface area contributed by atoms with Gasteiger partial charge in [-0.25, -0.2) is 4.98 Å². The first-order valence-electron chi connectivity index (χ1n) is 5.49. The molecule has 84 valence electrons. The predicted molar refractivity (Wildman–Crippen MR) is 66.9 cm³/mol. The Morgan fingerprint density at radius 3 is 2.60 bits per heavy atom. The highest BCUT2D eigenvalue weighted by atomic mass is 35.5. The van der Waals surface area contributed by atoms with E-state index in [1.807, 2.05) is 0 Å². The van der Waals surface area contributed by atoms with Crippen LogP contribution in [0.4, 0.5) is 0 Å². The van der Waals surface area contributed by atoms with E-state index in [2.05, 4.69) is 33.1 Å². The normalized spacial score (nSPS) is 28.4. The Morgan fingerprint density at radius 2 is 2.20 bits per heavy atom. The maximum Gasteiger partial charge on any atom is 0.0953 e. The number of hydrogen-bond donors (Lipinski definition) is 0. The number of aromatic nitrogens is 1. The maximum atomic E-state index is 5.97. The van der Waals surface area contributed by atoms with Crippen LogP contribution in [0.2, 0.25) is 0 Å². The number of thiazole rings is 1. The second-order valence-corrected chi connectivity index (χ2v) is 6.52. The Hall–Kier alpha value is -0.0800. The van der Waals surface area contributed by atoms with Gasteiger partial charge in [0.15, 0.2) is 0 Å². The van der Waals surface area contributed by atoms with Gasteiger partial charge in [-0.3, -0.25) is 0 Å². The molecule has 0 spiro atoms. The fraction of sp³-hybridized carbons (Fsp3) is 0.750. The Labute approximate surface area is 101 Å². The van der Waals surface area contributed by atoms with Gasteiger partial charge < -0.3 is 0 Å². The molecule has 1 saturated carbocycles. The maximum absolute atomic E-state index is 5.97. The van der Waals surface area contributed by atoms with Crippen molar-refractivity contribution in [3.05, 3.63) is 16.1 Å². The van der Waals surface area contributed by atoms with Gasteiger partial charge in [-0.2, -0.15) is 0 Å². The number of nitrogens with zero attached hydrogens (tertiary/aromatic N) is 1. The molecular formula is C12H18ClNS. The molecule has 1 aliphatic rings. The summed E-state index contributed by atoms with van der Waals surface area (Å²) in [5.74, 6) is 2.49. The zero-order valence-electron chi connectivity index (χ0n) is 9.75. The quantitative estimate of drug-likeness (QED) is 0.724. The third-order valence-electron chi connectivity index (χ3n) is 3.57. The van der Waals surface area contributed by atoms with Crippen molar-refractivity contribution in [1.29, 1.82) is 0 Å². The van der Waals surface area contributed by atoms with E-state index in [1.165, 1.54) is 10.7 Å². The van der Waals surface area contributed by atoms with Gasteiger partial charge in [-0.15, -0.1) is 22.9 Å². The summed E-state index contributed by atoms with van der Waals surface area (Å²) in [6.07, 6.45) is 0. The minimum Gasteiger partial charge on any atom is -0.246 e. The highest BCUT2D eigenvalue weighted by Gasteiger charge is 2.58. The van der Waals surface area contributed by atoms with Gasteiger partial charge >= 0.3 is 0 Å². The molecule has 0 radical (unpaired) electrons. The van der Waals surface area contributed by atoms with Crippen LogP contribution in [0.1, 0.15) is 50.2 Å². The van der Waals surface area contributed by atoms with Gasteiger partial charge in [0, 0.05) is 23.1 Å². The van der Waals surface area contributed by atoms with Crippen molar-refractivity contribution in [3.8, 4) is 0 Å². The zero-order chi connectivity index (χ0) is 11.2. The first kappa shape index (κ1) is 11.4. The van der Waals surface area contributed by atoms with Crippen molar-refractivity contribution in [3.63, 3.8) is 0 Å². The van der Waals surface area contributed by atoms with E-state index >= 15 is 0 Å². The summed E-state index contributed by atoms with van der Waals surface area (Å²) in [7, 11) is 0. The molecule has 0 aliphatic heterocycles. The van der Waals surface area contributed by atoms with Crippen LogP contribution < -0.4 is 0 Å². The van der Waals surface area contributed by atoms with E-state index in [1.54, 1.807) is 11.3 Å². The smallest absolute Gasteiger partial charge is 0.0953 e. The number of alkyl halides is 1. The fourth-order valence-electron chi connectivity index (χ4n) is 2.33. The monoisotopic (exact) mass is 243 g/mol. The van der Waals surface area contributed by atoms with E-state index in [0.29, 0.717) is 23.2 Å². The summed E-state index contributed by atoms with van der Waals surface area (Å²) in [5.41, 5.74) is 1.61. The van der Waals surface area contributed by atoms with Crippen LogP contribution >= 0.6 is 22.9 Å². The van der Waals surface area contributed by atoms with Crippen molar-refractivity contribution in [2.75, 3.05) is 5.88 Å². The molecule has 0 bridgehead atoms. The molecule has 2 atom stereocenters. The molecule has 1 aliphatic carbocycles. The minimum absolute atomic E-state index is 0.351. The van der Waals surface area contributed by atoms with Crippen LogP contribution in [0.15, 0.2) is 5.38 Å². The lowest BCUT2D eigenvalue weighted by Gasteiger charge is -1.99. The van der Waals surface area contributed by atoms with Crippen LogP contribution in [-0.2, 0) is 0 Å². The van der Waals surface area contributed by atoms with Crippen molar-refractivity contribution in [1.82, 2.24) is 4.98 Å². The molecule has 3 heteroatoms. The average molecular weight is 244 g/mol. The molecule has 2 rings (SSSR count). The van der Waals surface area contributed by atoms with Gasteiger partial charge in [0.1, 0.15) is 0 Å². The SMILES string of the molecule is CC(C)c1nc(C2C(CCl)C2(C)C)cs1. The summed E-state index contributed by atoms with van der Waals surface area (Å²) in [6, 6.07) is 0. The van der Waals surface area contributed by atoms with Crippen molar-refractivity contribution < 1.29 is 0 Å². The van der Waals surface area contributed by atoms with E-state index in [-0.39, 0.29) is 0 Å².